The summed E-state index contributed by atoms with van der Waals surface area (Å²) >= 11 is 0. The molecular weight excluding hydrogens is 166 g/mol. The monoisotopic (exact) mass is 181 g/mol. The Balaban J connectivity index is 1.45. The minimum atomic E-state index is 0.153. The molecule has 0 aromatic carbocycles. The van der Waals surface area contributed by atoms with Crippen molar-refractivity contribution in [2.45, 2.75) is 25.3 Å². The van der Waals surface area contributed by atoms with E-state index in [0.29, 0.717) is 19.3 Å². The van der Waals surface area contributed by atoms with Gasteiger partial charge in [0, 0.05) is 6.04 Å². The summed E-state index contributed by atoms with van der Waals surface area (Å²) in [6, 6.07) is 0.514. The molecule has 3 aliphatic rings. The second kappa shape index (κ2) is 2.71. The average Bonchev–Trinajstić information content (AvgIpc) is 2.72. The first-order valence-corrected chi connectivity index (χ1v) is 5.22. The zero-order valence-electron chi connectivity index (χ0n) is 7.66. The number of amides is 1. The van der Waals surface area contributed by atoms with Crippen LogP contribution in [0.4, 0.5) is 0 Å². The molecule has 72 valence electrons. The normalized spacial score (nSPS) is 38.2. The van der Waals surface area contributed by atoms with E-state index in [4.69, 9.17) is 4.74 Å². The quantitative estimate of drug-likeness (QED) is 0.690. The molecule has 1 N–H and O–H groups in total. The van der Waals surface area contributed by atoms with E-state index in [2.05, 4.69) is 5.32 Å². The number of nitrogens with one attached hydrogen (secondary N) is 1. The first-order valence-electron chi connectivity index (χ1n) is 5.22. The number of carbonyl (C=O) groups is 1. The fraction of sp³-hybridized carbons (Fsp3) is 0.900. The van der Waals surface area contributed by atoms with E-state index in [-0.39, 0.29) is 11.8 Å². The standard InChI is InChI=1S/C10H15NO2/c12-10(7-4-13-5-7)11-9-3-8(9)6-1-2-6/h6-9H,1-5H2,(H,11,12). The lowest BCUT2D eigenvalue weighted by atomic mass is 10.1. The molecular formula is C10H15NO2. The lowest BCUT2D eigenvalue weighted by molar-refractivity contribution is -0.139. The third kappa shape index (κ3) is 1.46. The fourth-order valence-corrected chi connectivity index (χ4v) is 2.11. The number of hydrogen-bond acceptors (Lipinski definition) is 2. The van der Waals surface area contributed by atoms with Gasteiger partial charge >= 0.3 is 0 Å². The van der Waals surface area contributed by atoms with Gasteiger partial charge in [0.15, 0.2) is 0 Å². The molecule has 1 saturated heterocycles. The van der Waals surface area contributed by atoms with Crippen molar-refractivity contribution in [2.75, 3.05) is 13.2 Å². The number of hydrogen-bond donors (Lipinski definition) is 1. The summed E-state index contributed by atoms with van der Waals surface area (Å²) in [4.78, 5) is 11.5. The van der Waals surface area contributed by atoms with Crippen LogP contribution in [0.25, 0.3) is 0 Å². The fourth-order valence-electron chi connectivity index (χ4n) is 2.11. The number of ether oxygens (including phenoxy) is 1. The van der Waals surface area contributed by atoms with Gasteiger partial charge < -0.3 is 10.1 Å². The van der Waals surface area contributed by atoms with Crippen LogP contribution in [-0.2, 0) is 9.53 Å². The lowest BCUT2D eigenvalue weighted by Gasteiger charge is -2.24. The predicted octanol–water partition coefficient (Wildman–Crippen LogP) is 0.547. The van der Waals surface area contributed by atoms with Crippen LogP contribution in [0.15, 0.2) is 0 Å². The Bertz CT molecular complexity index is 233. The molecule has 3 fully saturated rings. The molecule has 2 atom stereocenters. The summed E-state index contributed by atoms with van der Waals surface area (Å²) in [5.41, 5.74) is 0. The van der Waals surface area contributed by atoms with E-state index >= 15 is 0 Å². The van der Waals surface area contributed by atoms with Gasteiger partial charge in [-0.3, -0.25) is 4.79 Å². The first-order chi connectivity index (χ1) is 6.34. The summed E-state index contributed by atoms with van der Waals surface area (Å²) < 4.78 is 4.98. The minimum absolute atomic E-state index is 0.153. The Kier molecular flexibility index (Phi) is 1.62. The molecule has 2 aliphatic carbocycles. The Morgan fingerprint density at radius 3 is 2.62 bits per heavy atom. The highest BCUT2D eigenvalue weighted by atomic mass is 16.5. The van der Waals surface area contributed by atoms with Gasteiger partial charge in [-0.1, -0.05) is 0 Å². The first kappa shape index (κ1) is 7.80. The zero-order valence-corrected chi connectivity index (χ0v) is 7.66. The van der Waals surface area contributed by atoms with Crippen molar-refractivity contribution >= 4 is 5.91 Å². The van der Waals surface area contributed by atoms with E-state index in [0.717, 1.165) is 11.8 Å². The van der Waals surface area contributed by atoms with Crippen molar-refractivity contribution in [3.8, 4) is 0 Å². The third-order valence-corrected chi connectivity index (χ3v) is 3.40. The maximum Gasteiger partial charge on any atom is 0.228 e. The van der Waals surface area contributed by atoms with Crippen molar-refractivity contribution in [3.63, 3.8) is 0 Å². The van der Waals surface area contributed by atoms with Crippen LogP contribution in [0.3, 0.4) is 0 Å². The molecule has 2 saturated carbocycles. The van der Waals surface area contributed by atoms with Gasteiger partial charge in [-0.25, -0.2) is 0 Å². The van der Waals surface area contributed by atoms with Crippen molar-refractivity contribution in [1.82, 2.24) is 5.32 Å². The molecule has 1 amide bonds. The van der Waals surface area contributed by atoms with E-state index in [1.54, 1.807) is 0 Å². The van der Waals surface area contributed by atoms with Crippen molar-refractivity contribution < 1.29 is 9.53 Å². The van der Waals surface area contributed by atoms with E-state index < -0.39 is 0 Å². The van der Waals surface area contributed by atoms with Crippen LogP contribution in [-0.4, -0.2) is 25.2 Å². The molecule has 2 unspecified atom stereocenters. The van der Waals surface area contributed by atoms with Crippen LogP contribution in [0, 0.1) is 17.8 Å². The van der Waals surface area contributed by atoms with Crippen LogP contribution in [0.1, 0.15) is 19.3 Å². The van der Waals surface area contributed by atoms with Crippen LogP contribution >= 0.6 is 0 Å². The molecule has 0 bridgehead atoms. The van der Waals surface area contributed by atoms with Gasteiger partial charge in [0.05, 0.1) is 19.1 Å². The van der Waals surface area contributed by atoms with Gasteiger partial charge in [-0.15, -0.1) is 0 Å². The minimum Gasteiger partial charge on any atom is -0.380 e. The van der Waals surface area contributed by atoms with E-state index in [1.807, 2.05) is 0 Å². The molecule has 0 aromatic rings. The molecule has 0 radical (unpaired) electrons. The summed E-state index contributed by atoms with van der Waals surface area (Å²) in [5.74, 6) is 2.15. The maximum atomic E-state index is 11.5. The van der Waals surface area contributed by atoms with Gasteiger partial charge in [0.2, 0.25) is 5.91 Å². The van der Waals surface area contributed by atoms with Crippen molar-refractivity contribution in [3.05, 3.63) is 0 Å². The smallest absolute Gasteiger partial charge is 0.228 e. The van der Waals surface area contributed by atoms with E-state index in [1.165, 1.54) is 19.3 Å². The Morgan fingerprint density at radius 2 is 2.08 bits per heavy atom. The van der Waals surface area contributed by atoms with Crippen LogP contribution in [0.2, 0.25) is 0 Å². The molecule has 1 heterocycles. The van der Waals surface area contributed by atoms with E-state index in [9.17, 15) is 4.79 Å². The maximum absolute atomic E-state index is 11.5. The SMILES string of the molecule is O=C(NC1CC1C1CC1)C1COC1. The molecule has 0 aromatic heterocycles. The number of carbonyl (C=O) groups excluding carboxylic acids is 1. The predicted molar refractivity (Wildman–Crippen MR) is 47.1 cm³/mol. The Labute approximate surface area is 77.8 Å². The molecule has 3 rings (SSSR count). The highest BCUT2D eigenvalue weighted by Crippen LogP contribution is 2.50. The van der Waals surface area contributed by atoms with Crippen LogP contribution < -0.4 is 5.32 Å². The van der Waals surface area contributed by atoms with Gasteiger partial charge in [-0.2, -0.15) is 0 Å². The average molecular weight is 181 g/mol. The zero-order chi connectivity index (χ0) is 8.84. The molecule has 3 heteroatoms. The third-order valence-electron chi connectivity index (χ3n) is 3.40. The molecule has 0 spiro atoms. The summed E-state index contributed by atoms with van der Waals surface area (Å²) in [6.07, 6.45) is 4.01. The highest BCUT2D eigenvalue weighted by molar-refractivity contribution is 5.80. The van der Waals surface area contributed by atoms with Crippen molar-refractivity contribution in [2.24, 2.45) is 17.8 Å². The van der Waals surface area contributed by atoms with Gasteiger partial charge in [-0.05, 0) is 31.1 Å². The summed E-state index contributed by atoms with van der Waals surface area (Å²) in [6.45, 7) is 1.26. The molecule has 3 nitrogen and oxygen atoms in total. The summed E-state index contributed by atoms with van der Waals surface area (Å²) in [7, 11) is 0. The molecule has 1 aliphatic heterocycles. The van der Waals surface area contributed by atoms with Crippen LogP contribution in [0.5, 0.6) is 0 Å². The second-order valence-corrected chi connectivity index (χ2v) is 4.59. The van der Waals surface area contributed by atoms with Gasteiger partial charge in [0.1, 0.15) is 0 Å². The van der Waals surface area contributed by atoms with Gasteiger partial charge in [0.25, 0.3) is 0 Å². The largest absolute Gasteiger partial charge is 0.380 e. The Hall–Kier alpha value is -0.570. The number of rotatable bonds is 3. The topological polar surface area (TPSA) is 38.3 Å². The highest BCUT2D eigenvalue weighted by Gasteiger charge is 2.48. The Morgan fingerprint density at radius 1 is 1.31 bits per heavy atom. The lowest BCUT2D eigenvalue weighted by Crippen LogP contribution is -2.43. The summed E-state index contributed by atoms with van der Waals surface area (Å²) in [5, 5.41) is 3.11. The van der Waals surface area contributed by atoms with Crippen molar-refractivity contribution in [1.29, 1.82) is 0 Å². The second-order valence-electron chi connectivity index (χ2n) is 4.59. The molecule has 13 heavy (non-hydrogen) atoms.